The molecule has 0 radical (unpaired) electrons. The highest BCUT2D eigenvalue weighted by molar-refractivity contribution is 9.10. The molecule has 0 fully saturated rings. The van der Waals surface area contributed by atoms with E-state index in [4.69, 9.17) is 5.73 Å². The van der Waals surface area contributed by atoms with Crippen LogP contribution in [0.5, 0.6) is 0 Å². The Balaban J connectivity index is 2.29. The number of nitrogen functional groups attached to an aromatic ring is 1. The molecule has 0 aromatic heterocycles. The van der Waals surface area contributed by atoms with Gasteiger partial charge in [-0.3, -0.25) is 0 Å². The van der Waals surface area contributed by atoms with Gasteiger partial charge in [0.05, 0.1) is 10.6 Å². The molecule has 2 N–H and O–H groups in total. The van der Waals surface area contributed by atoms with E-state index in [2.05, 4.69) is 29.8 Å². The second kappa shape index (κ2) is 6.20. The van der Waals surface area contributed by atoms with Crippen LogP contribution in [0.3, 0.4) is 0 Å². The van der Waals surface area contributed by atoms with E-state index in [1.54, 1.807) is 30.3 Å². The SMILES string of the molecule is CC(C)c1ccc(S(=O)(=O)Cc2ccc(Br)cc2N)cc1. The molecule has 2 rings (SSSR count). The van der Waals surface area contributed by atoms with E-state index < -0.39 is 9.84 Å². The van der Waals surface area contributed by atoms with Crippen molar-refractivity contribution in [2.45, 2.75) is 30.4 Å². The molecule has 0 spiro atoms. The van der Waals surface area contributed by atoms with Crippen molar-refractivity contribution in [1.82, 2.24) is 0 Å². The van der Waals surface area contributed by atoms with E-state index in [1.807, 2.05) is 12.1 Å². The van der Waals surface area contributed by atoms with Crippen LogP contribution in [0.2, 0.25) is 0 Å². The number of anilines is 1. The van der Waals surface area contributed by atoms with Gasteiger partial charge in [-0.1, -0.05) is 48.0 Å². The number of rotatable bonds is 4. The Bertz CT molecular complexity index is 737. The first-order valence-corrected chi connectivity index (χ1v) is 9.11. The number of benzene rings is 2. The van der Waals surface area contributed by atoms with E-state index in [0.29, 0.717) is 22.1 Å². The van der Waals surface area contributed by atoms with Gasteiger partial charge in [-0.2, -0.15) is 0 Å². The molecule has 5 heteroatoms. The monoisotopic (exact) mass is 367 g/mol. The standard InChI is InChI=1S/C16H18BrNO2S/c1-11(2)12-4-7-15(8-5-12)21(19,20)10-13-3-6-14(17)9-16(13)18/h3-9,11H,10,18H2,1-2H3. The van der Waals surface area contributed by atoms with Gasteiger partial charge in [0.15, 0.2) is 9.84 Å². The van der Waals surface area contributed by atoms with Gasteiger partial charge in [-0.15, -0.1) is 0 Å². The zero-order valence-corrected chi connectivity index (χ0v) is 14.4. The lowest BCUT2D eigenvalue weighted by Gasteiger charge is -2.10. The molecule has 0 saturated carbocycles. The average molecular weight is 368 g/mol. The number of sulfone groups is 1. The molecule has 0 unspecified atom stereocenters. The van der Waals surface area contributed by atoms with Gasteiger partial charge < -0.3 is 5.73 Å². The van der Waals surface area contributed by atoms with Crippen molar-refractivity contribution < 1.29 is 8.42 Å². The van der Waals surface area contributed by atoms with E-state index in [-0.39, 0.29) is 5.75 Å². The lowest BCUT2D eigenvalue weighted by molar-refractivity contribution is 0.595. The summed E-state index contributed by atoms with van der Waals surface area (Å²) in [4.78, 5) is 0.328. The van der Waals surface area contributed by atoms with Crippen molar-refractivity contribution in [2.75, 3.05) is 5.73 Å². The normalized spacial score (nSPS) is 11.8. The summed E-state index contributed by atoms with van der Waals surface area (Å²) < 4.78 is 25.7. The smallest absolute Gasteiger partial charge is 0.182 e. The molecule has 0 bridgehead atoms. The summed E-state index contributed by atoms with van der Waals surface area (Å²) in [7, 11) is -3.39. The molecule has 112 valence electrons. The first-order valence-electron chi connectivity index (χ1n) is 6.66. The molecule has 2 aromatic carbocycles. The lowest BCUT2D eigenvalue weighted by atomic mass is 10.0. The van der Waals surface area contributed by atoms with E-state index in [9.17, 15) is 8.42 Å². The molecular weight excluding hydrogens is 350 g/mol. The summed E-state index contributed by atoms with van der Waals surface area (Å²) in [6.07, 6.45) is 0. The average Bonchev–Trinajstić information content (AvgIpc) is 2.42. The van der Waals surface area contributed by atoms with Gasteiger partial charge in [0, 0.05) is 10.2 Å². The van der Waals surface area contributed by atoms with Crippen LogP contribution < -0.4 is 5.73 Å². The molecule has 21 heavy (non-hydrogen) atoms. The van der Waals surface area contributed by atoms with Gasteiger partial charge >= 0.3 is 0 Å². The largest absolute Gasteiger partial charge is 0.398 e. The first kappa shape index (κ1) is 16.0. The zero-order valence-electron chi connectivity index (χ0n) is 12.0. The number of halogens is 1. The summed E-state index contributed by atoms with van der Waals surface area (Å²) in [5, 5.41) is 0. The fourth-order valence-electron chi connectivity index (χ4n) is 2.05. The van der Waals surface area contributed by atoms with Crippen LogP contribution in [0.15, 0.2) is 51.8 Å². The molecule has 0 aliphatic carbocycles. The molecule has 0 aliphatic heterocycles. The Hall–Kier alpha value is -1.33. The maximum atomic E-state index is 12.5. The quantitative estimate of drug-likeness (QED) is 0.826. The minimum atomic E-state index is -3.39. The molecule has 0 heterocycles. The van der Waals surface area contributed by atoms with Gasteiger partial charge in [-0.25, -0.2) is 8.42 Å². The molecule has 0 saturated heterocycles. The second-order valence-electron chi connectivity index (χ2n) is 5.33. The number of hydrogen-bond donors (Lipinski definition) is 1. The van der Waals surface area contributed by atoms with Crippen LogP contribution >= 0.6 is 15.9 Å². The zero-order chi connectivity index (χ0) is 15.6. The summed E-state index contributed by atoms with van der Waals surface area (Å²) in [6.45, 7) is 4.15. The Morgan fingerprint density at radius 1 is 1.10 bits per heavy atom. The van der Waals surface area contributed by atoms with Crippen LogP contribution in [0.4, 0.5) is 5.69 Å². The summed E-state index contributed by atoms with van der Waals surface area (Å²) in [5.74, 6) is 0.288. The fraction of sp³-hybridized carbons (Fsp3) is 0.250. The lowest BCUT2D eigenvalue weighted by Crippen LogP contribution is -2.07. The van der Waals surface area contributed by atoms with Crippen LogP contribution in [0.25, 0.3) is 0 Å². The van der Waals surface area contributed by atoms with Crippen molar-refractivity contribution >= 4 is 31.5 Å². The van der Waals surface area contributed by atoms with Crippen LogP contribution in [-0.4, -0.2) is 8.42 Å². The molecular formula is C16H18BrNO2S. The highest BCUT2D eigenvalue weighted by Crippen LogP contribution is 2.24. The summed E-state index contributed by atoms with van der Waals surface area (Å²) >= 11 is 3.31. The molecule has 2 aromatic rings. The maximum Gasteiger partial charge on any atom is 0.182 e. The Kier molecular flexibility index (Phi) is 4.74. The van der Waals surface area contributed by atoms with Gasteiger partial charge in [0.2, 0.25) is 0 Å². The third-order valence-corrected chi connectivity index (χ3v) is 5.53. The third kappa shape index (κ3) is 3.86. The van der Waals surface area contributed by atoms with Gasteiger partial charge in [-0.05, 0) is 41.3 Å². The topological polar surface area (TPSA) is 60.2 Å². The van der Waals surface area contributed by atoms with Crippen molar-refractivity contribution in [3.05, 3.63) is 58.1 Å². The number of hydrogen-bond acceptors (Lipinski definition) is 3. The predicted octanol–water partition coefficient (Wildman–Crippen LogP) is 4.13. The maximum absolute atomic E-state index is 12.5. The molecule has 0 atom stereocenters. The molecule has 0 aliphatic rings. The third-order valence-electron chi connectivity index (χ3n) is 3.36. The van der Waals surface area contributed by atoms with Gasteiger partial charge in [0.25, 0.3) is 0 Å². The van der Waals surface area contributed by atoms with Crippen LogP contribution in [-0.2, 0) is 15.6 Å². The van der Waals surface area contributed by atoms with E-state index in [0.717, 1.165) is 10.0 Å². The highest BCUT2D eigenvalue weighted by Gasteiger charge is 2.17. The van der Waals surface area contributed by atoms with E-state index in [1.165, 1.54) is 0 Å². The second-order valence-corrected chi connectivity index (χ2v) is 8.23. The van der Waals surface area contributed by atoms with Crippen molar-refractivity contribution in [1.29, 1.82) is 0 Å². The predicted molar refractivity (Wildman–Crippen MR) is 90.0 cm³/mol. The van der Waals surface area contributed by atoms with Crippen molar-refractivity contribution in [3.8, 4) is 0 Å². The minimum absolute atomic E-state index is 0.0901. The van der Waals surface area contributed by atoms with Crippen molar-refractivity contribution in [2.24, 2.45) is 0 Å². The fourth-order valence-corrected chi connectivity index (χ4v) is 3.81. The minimum Gasteiger partial charge on any atom is -0.398 e. The Morgan fingerprint density at radius 2 is 1.71 bits per heavy atom. The Labute approximate surface area is 134 Å². The summed E-state index contributed by atoms with van der Waals surface area (Å²) in [5.41, 5.74) is 8.09. The van der Waals surface area contributed by atoms with Crippen LogP contribution in [0.1, 0.15) is 30.9 Å². The molecule has 0 amide bonds. The first-order chi connectivity index (χ1) is 9.79. The summed E-state index contributed by atoms with van der Waals surface area (Å²) in [6, 6.07) is 12.3. The number of nitrogens with two attached hydrogens (primary N) is 1. The van der Waals surface area contributed by atoms with Crippen LogP contribution in [0, 0.1) is 0 Å². The van der Waals surface area contributed by atoms with Crippen molar-refractivity contribution in [3.63, 3.8) is 0 Å². The molecule has 3 nitrogen and oxygen atoms in total. The highest BCUT2D eigenvalue weighted by atomic mass is 79.9. The van der Waals surface area contributed by atoms with E-state index >= 15 is 0 Å². The van der Waals surface area contributed by atoms with Gasteiger partial charge in [0.1, 0.15) is 0 Å². The Morgan fingerprint density at radius 3 is 2.24 bits per heavy atom.